The maximum absolute atomic E-state index is 12.2. The van der Waals surface area contributed by atoms with Crippen LogP contribution >= 0.6 is 0 Å². The number of esters is 1. The summed E-state index contributed by atoms with van der Waals surface area (Å²) in [6, 6.07) is 7.68. The fourth-order valence-electron chi connectivity index (χ4n) is 4.11. The van der Waals surface area contributed by atoms with Crippen LogP contribution in [0.25, 0.3) is 0 Å². The Morgan fingerprint density at radius 3 is 1.71 bits per heavy atom. The molecule has 0 heterocycles. The van der Waals surface area contributed by atoms with E-state index >= 15 is 0 Å². The Morgan fingerprint density at radius 2 is 1.21 bits per heavy atom. The van der Waals surface area contributed by atoms with E-state index in [4.69, 9.17) is 4.74 Å². The van der Waals surface area contributed by atoms with Gasteiger partial charge in [-0.1, -0.05) is 115 Å². The number of hydrogen-bond donors (Lipinski definition) is 1. The van der Waals surface area contributed by atoms with E-state index in [0.717, 1.165) is 30.4 Å². The minimum absolute atomic E-state index is 0.212. The monoisotopic (exact) mass is 495 g/mol. The molecule has 0 saturated carbocycles. The SMILES string of the molecule is CCCCCCCCCCCCCCCCS(=O)(=O)NCCc1ccc(CC(=O)OCC)cc1. The molecule has 0 aliphatic carbocycles. The zero-order chi connectivity index (χ0) is 24.9. The number of rotatable bonds is 22. The fraction of sp³-hybridized carbons (Fsp3) is 0.750. The third-order valence-electron chi connectivity index (χ3n) is 6.18. The number of ether oxygens (including phenoxy) is 1. The molecule has 1 aromatic rings. The second kappa shape index (κ2) is 19.9. The number of carbonyl (C=O) groups excluding carboxylic acids is 1. The fourth-order valence-corrected chi connectivity index (χ4v) is 5.25. The van der Waals surface area contributed by atoms with Gasteiger partial charge < -0.3 is 4.74 Å². The Bertz CT molecular complexity index is 731. The number of unbranched alkanes of at least 4 members (excludes halogenated alkanes) is 13. The standard InChI is InChI=1S/C28H49NO4S/c1-3-5-6-7-8-9-10-11-12-13-14-15-16-17-24-34(31,32)29-23-22-26-18-20-27(21-19-26)25-28(30)33-4-2/h18-21,29H,3-17,22-25H2,1-2H3. The van der Waals surface area contributed by atoms with Gasteiger partial charge in [-0.15, -0.1) is 0 Å². The van der Waals surface area contributed by atoms with Crippen molar-refractivity contribution in [3.8, 4) is 0 Å². The van der Waals surface area contributed by atoms with Gasteiger partial charge in [0.25, 0.3) is 0 Å². The largest absolute Gasteiger partial charge is 0.466 e. The summed E-state index contributed by atoms with van der Waals surface area (Å²) < 4.78 is 32.1. The van der Waals surface area contributed by atoms with E-state index in [1.54, 1.807) is 6.92 Å². The van der Waals surface area contributed by atoms with E-state index in [0.29, 0.717) is 19.6 Å². The Kier molecular flexibility index (Phi) is 17.9. The van der Waals surface area contributed by atoms with Crippen LogP contribution in [0.15, 0.2) is 24.3 Å². The second-order valence-electron chi connectivity index (χ2n) is 9.36. The van der Waals surface area contributed by atoms with Crippen molar-refractivity contribution in [1.82, 2.24) is 4.72 Å². The van der Waals surface area contributed by atoms with Crippen LogP contribution in [0.4, 0.5) is 0 Å². The molecule has 0 aliphatic heterocycles. The molecule has 0 atom stereocenters. The van der Waals surface area contributed by atoms with Crippen LogP contribution in [0.1, 0.15) is 115 Å². The van der Waals surface area contributed by atoms with Crippen LogP contribution in [0.5, 0.6) is 0 Å². The van der Waals surface area contributed by atoms with Crippen molar-refractivity contribution in [2.75, 3.05) is 18.9 Å². The molecule has 0 radical (unpaired) electrons. The van der Waals surface area contributed by atoms with E-state index in [2.05, 4.69) is 11.6 Å². The second-order valence-corrected chi connectivity index (χ2v) is 11.3. The summed E-state index contributed by atoms with van der Waals surface area (Å²) >= 11 is 0. The summed E-state index contributed by atoms with van der Waals surface area (Å²) in [5, 5.41) is 0. The summed E-state index contributed by atoms with van der Waals surface area (Å²) in [6.45, 7) is 4.84. The van der Waals surface area contributed by atoms with Crippen LogP contribution < -0.4 is 4.72 Å². The minimum atomic E-state index is -3.21. The maximum Gasteiger partial charge on any atom is 0.310 e. The Labute approximate surface area is 209 Å². The first-order valence-electron chi connectivity index (χ1n) is 13.7. The van der Waals surface area contributed by atoms with Gasteiger partial charge in [0.1, 0.15) is 0 Å². The smallest absolute Gasteiger partial charge is 0.310 e. The molecule has 0 unspecified atom stereocenters. The summed E-state index contributed by atoms with van der Waals surface area (Å²) in [6.07, 6.45) is 18.6. The molecule has 0 fully saturated rings. The van der Waals surface area contributed by atoms with Gasteiger partial charge in [0.2, 0.25) is 10.0 Å². The molecule has 196 valence electrons. The molecule has 6 heteroatoms. The molecule has 1 rings (SSSR count). The highest BCUT2D eigenvalue weighted by atomic mass is 32.2. The molecule has 34 heavy (non-hydrogen) atoms. The van der Waals surface area contributed by atoms with Gasteiger partial charge in [0.15, 0.2) is 0 Å². The van der Waals surface area contributed by atoms with Crippen LogP contribution in [0.2, 0.25) is 0 Å². The quantitative estimate of drug-likeness (QED) is 0.143. The van der Waals surface area contributed by atoms with E-state index in [9.17, 15) is 13.2 Å². The molecular weight excluding hydrogens is 446 g/mol. The van der Waals surface area contributed by atoms with Gasteiger partial charge in [-0.3, -0.25) is 4.79 Å². The number of nitrogens with one attached hydrogen (secondary N) is 1. The van der Waals surface area contributed by atoms with Gasteiger partial charge >= 0.3 is 5.97 Å². The van der Waals surface area contributed by atoms with E-state index < -0.39 is 10.0 Å². The van der Waals surface area contributed by atoms with Crippen molar-refractivity contribution in [3.05, 3.63) is 35.4 Å². The van der Waals surface area contributed by atoms with E-state index in [-0.39, 0.29) is 18.1 Å². The first-order chi connectivity index (χ1) is 16.5. The van der Waals surface area contributed by atoms with Crippen LogP contribution in [0, 0.1) is 0 Å². The predicted octanol–water partition coefficient (Wildman–Crippen LogP) is 6.74. The Balaban J connectivity index is 2.01. The highest BCUT2D eigenvalue weighted by Crippen LogP contribution is 2.13. The molecular formula is C28H49NO4S. The molecule has 0 bridgehead atoms. The first kappa shape index (κ1) is 30.6. The summed E-state index contributed by atoms with van der Waals surface area (Å²) in [7, 11) is -3.21. The van der Waals surface area contributed by atoms with E-state index in [1.165, 1.54) is 70.6 Å². The van der Waals surface area contributed by atoms with Crippen LogP contribution in [-0.4, -0.2) is 33.3 Å². The van der Waals surface area contributed by atoms with Gasteiger partial charge in [-0.25, -0.2) is 13.1 Å². The van der Waals surface area contributed by atoms with Crippen molar-refractivity contribution in [1.29, 1.82) is 0 Å². The number of sulfonamides is 1. The van der Waals surface area contributed by atoms with Crippen molar-refractivity contribution in [2.45, 2.75) is 117 Å². The van der Waals surface area contributed by atoms with E-state index in [1.807, 2.05) is 24.3 Å². The average Bonchev–Trinajstić information content (AvgIpc) is 2.80. The lowest BCUT2D eigenvalue weighted by Crippen LogP contribution is -2.28. The predicted molar refractivity (Wildman–Crippen MR) is 143 cm³/mol. The Hall–Kier alpha value is -1.40. The van der Waals surface area contributed by atoms with Crippen molar-refractivity contribution < 1.29 is 17.9 Å². The summed E-state index contributed by atoms with van der Waals surface area (Å²) in [5.41, 5.74) is 1.95. The lowest BCUT2D eigenvalue weighted by atomic mass is 10.0. The third-order valence-corrected chi connectivity index (χ3v) is 7.65. The highest BCUT2D eigenvalue weighted by Gasteiger charge is 2.09. The minimum Gasteiger partial charge on any atom is -0.466 e. The number of hydrogen-bond acceptors (Lipinski definition) is 4. The molecule has 1 N–H and O–H groups in total. The van der Waals surface area contributed by atoms with Crippen molar-refractivity contribution >= 4 is 16.0 Å². The molecule has 0 saturated heterocycles. The first-order valence-corrected chi connectivity index (χ1v) is 15.3. The molecule has 0 aromatic heterocycles. The highest BCUT2D eigenvalue weighted by molar-refractivity contribution is 7.89. The average molecular weight is 496 g/mol. The zero-order valence-electron chi connectivity index (χ0n) is 21.8. The number of carbonyl (C=O) groups is 1. The summed E-state index contributed by atoms with van der Waals surface area (Å²) in [4.78, 5) is 11.5. The summed E-state index contributed by atoms with van der Waals surface area (Å²) in [5.74, 6) is -0.0183. The zero-order valence-corrected chi connectivity index (χ0v) is 22.6. The molecule has 5 nitrogen and oxygen atoms in total. The maximum atomic E-state index is 12.2. The lowest BCUT2D eigenvalue weighted by molar-refractivity contribution is -0.142. The van der Waals surface area contributed by atoms with Crippen LogP contribution in [0.3, 0.4) is 0 Å². The molecule has 1 aromatic carbocycles. The van der Waals surface area contributed by atoms with Gasteiger partial charge in [-0.05, 0) is 30.9 Å². The topological polar surface area (TPSA) is 72.5 Å². The Morgan fingerprint density at radius 1 is 0.735 bits per heavy atom. The molecule has 0 spiro atoms. The third kappa shape index (κ3) is 17.1. The molecule has 0 aliphatic rings. The normalized spacial score (nSPS) is 11.6. The van der Waals surface area contributed by atoms with Crippen molar-refractivity contribution in [3.63, 3.8) is 0 Å². The van der Waals surface area contributed by atoms with Gasteiger partial charge in [0.05, 0.1) is 18.8 Å². The molecule has 0 amide bonds. The van der Waals surface area contributed by atoms with Gasteiger partial charge in [0, 0.05) is 6.54 Å². The number of benzene rings is 1. The van der Waals surface area contributed by atoms with Gasteiger partial charge in [-0.2, -0.15) is 0 Å². The van der Waals surface area contributed by atoms with Crippen molar-refractivity contribution in [2.24, 2.45) is 0 Å². The van der Waals surface area contributed by atoms with Crippen LogP contribution in [-0.2, 0) is 32.4 Å². The lowest BCUT2D eigenvalue weighted by Gasteiger charge is -2.08.